The van der Waals surface area contributed by atoms with E-state index in [1.54, 1.807) is 12.2 Å². The van der Waals surface area contributed by atoms with Crippen LogP contribution in [0.5, 0.6) is 0 Å². The van der Waals surface area contributed by atoms with Gasteiger partial charge in [0.25, 0.3) is 0 Å². The molecule has 0 heterocycles. The second-order valence-electron chi connectivity index (χ2n) is 4.17. The molecule has 0 radical (unpaired) electrons. The summed E-state index contributed by atoms with van der Waals surface area (Å²) in [7, 11) is 0. The minimum Gasteiger partial charge on any atom is -0.351 e. The Hall–Kier alpha value is -0.440. The van der Waals surface area contributed by atoms with Crippen molar-refractivity contribution in [3.8, 4) is 0 Å². The van der Waals surface area contributed by atoms with Crippen LogP contribution in [0.4, 0.5) is 0 Å². The molecule has 0 saturated heterocycles. The van der Waals surface area contributed by atoms with Crippen molar-refractivity contribution in [1.29, 1.82) is 0 Å². The first kappa shape index (κ1) is 12.6. The van der Waals surface area contributed by atoms with Crippen molar-refractivity contribution < 1.29 is 4.79 Å². The van der Waals surface area contributed by atoms with Gasteiger partial charge >= 0.3 is 0 Å². The number of nitrogens with one attached hydrogen (secondary N) is 1. The molecule has 0 bridgehead atoms. The molecule has 86 valence electrons. The van der Waals surface area contributed by atoms with E-state index in [0.717, 1.165) is 6.54 Å². The predicted octanol–water partition coefficient (Wildman–Crippen LogP) is 2.74. The van der Waals surface area contributed by atoms with Crippen molar-refractivity contribution in [3.05, 3.63) is 12.2 Å². The maximum absolute atomic E-state index is 11.3. The Kier molecular flexibility index (Phi) is 5.23. The number of hydrogen-bond donors (Lipinski definition) is 1. The molecule has 0 aromatic carbocycles. The van der Waals surface area contributed by atoms with Crippen molar-refractivity contribution in [1.82, 2.24) is 5.32 Å². The molecule has 1 fully saturated rings. The molecular weight excluding hydrogens is 206 g/mol. The SMILES string of the molecule is C/C=C/C(=O)NCC1(SC)CCCCC1. The van der Waals surface area contributed by atoms with Gasteiger partial charge in [-0.3, -0.25) is 4.79 Å². The Morgan fingerprint density at radius 1 is 1.40 bits per heavy atom. The summed E-state index contributed by atoms with van der Waals surface area (Å²) in [5, 5.41) is 3.00. The third-order valence-corrected chi connectivity index (χ3v) is 4.52. The number of hydrogen-bond acceptors (Lipinski definition) is 2. The normalized spacial score (nSPS) is 20.4. The molecule has 0 unspecified atom stereocenters. The van der Waals surface area contributed by atoms with Crippen LogP contribution in [0.25, 0.3) is 0 Å². The summed E-state index contributed by atoms with van der Waals surface area (Å²) < 4.78 is 0.301. The van der Waals surface area contributed by atoms with Gasteiger partial charge in [0, 0.05) is 11.3 Å². The zero-order chi connectivity index (χ0) is 11.1. The number of amides is 1. The highest BCUT2D eigenvalue weighted by Crippen LogP contribution is 2.37. The zero-order valence-corrected chi connectivity index (χ0v) is 10.5. The molecule has 1 saturated carbocycles. The molecule has 15 heavy (non-hydrogen) atoms. The molecule has 2 nitrogen and oxygen atoms in total. The predicted molar refractivity (Wildman–Crippen MR) is 67.2 cm³/mol. The summed E-state index contributed by atoms with van der Waals surface area (Å²) in [6.07, 6.45) is 12.0. The lowest BCUT2D eigenvalue weighted by Gasteiger charge is -2.35. The van der Waals surface area contributed by atoms with E-state index in [-0.39, 0.29) is 5.91 Å². The first-order valence-electron chi connectivity index (χ1n) is 5.68. The fourth-order valence-electron chi connectivity index (χ4n) is 2.11. The Morgan fingerprint density at radius 2 is 2.07 bits per heavy atom. The molecular formula is C12H21NOS. The highest BCUT2D eigenvalue weighted by Gasteiger charge is 2.31. The summed E-state index contributed by atoms with van der Waals surface area (Å²) in [6.45, 7) is 2.68. The van der Waals surface area contributed by atoms with Crippen LogP contribution in [0.3, 0.4) is 0 Å². The van der Waals surface area contributed by atoms with Gasteiger partial charge in [0.05, 0.1) is 0 Å². The first-order valence-corrected chi connectivity index (χ1v) is 6.90. The minimum atomic E-state index is 0.0384. The lowest BCUT2D eigenvalue weighted by atomic mass is 9.88. The van der Waals surface area contributed by atoms with Gasteiger partial charge in [-0.15, -0.1) is 0 Å². The number of thioether (sulfide) groups is 1. The number of allylic oxidation sites excluding steroid dienone is 1. The van der Waals surface area contributed by atoms with Gasteiger partial charge in [-0.25, -0.2) is 0 Å². The van der Waals surface area contributed by atoms with Crippen LogP contribution in [0.2, 0.25) is 0 Å². The lowest BCUT2D eigenvalue weighted by Crippen LogP contribution is -2.41. The van der Waals surface area contributed by atoms with Crippen LogP contribution in [0.15, 0.2) is 12.2 Å². The van der Waals surface area contributed by atoms with Crippen LogP contribution in [0, 0.1) is 0 Å². The van der Waals surface area contributed by atoms with Gasteiger partial charge in [0.2, 0.25) is 5.91 Å². The van der Waals surface area contributed by atoms with Gasteiger partial charge in [-0.05, 0) is 32.1 Å². The van der Waals surface area contributed by atoms with Crippen LogP contribution in [-0.4, -0.2) is 23.5 Å². The summed E-state index contributed by atoms with van der Waals surface area (Å²) in [6, 6.07) is 0. The molecule has 0 aromatic rings. The third-order valence-electron chi connectivity index (χ3n) is 3.10. The Morgan fingerprint density at radius 3 is 2.60 bits per heavy atom. The van der Waals surface area contributed by atoms with Gasteiger partial charge < -0.3 is 5.32 Å². The second-order valence-corrected chi connectivity index (χ2v) is 5.44. The largest absolute Gasteiger partial charge is 0.351 e. The third kappa shape index (κ3) is 3.90. The molecule has 0 aromatic heterocycles. The maximum Gasteiger partial charge on any atom is 0.243 e. The summed E-state index contributed by atoms with van der Waals surface area (Å²) in [4.78, 5) is 11.3. The van der Waals surface area contributed by atoms with Gasteiger partial charge in [0.15, 0.2) is 0 Å². The molecule has 1 aliphatic rings. The number of rotatable bonds is 4. The first-order chi connectivity index (χ1) is 7.22. The van der Waals surface area contributed by atoms with Gasteiger partial charge in [-0.2, -0.15) is 11.8 Å². The minimum absolute atomic E-state index is 0.0384. The molecule has 0 spiro atoms. The summed E-state index contributed by atoms with van der Waals surface area (Å²) in [5.74, 6) is 0.0384. The Balaban J connectivity index is 2.42. The molecule has 0 aliphatic heterocycles. The summed E-state index contributed by atoms with van der Waals surface area (Å²) in [5.41, 5.74) is 0. The second kappa shape index (κ2) is 6.21. The van der Waals surface area contributed by atoms with Crippen LogP contribution in [0.1, 0.15) is 39.0 Å². The fraction of sp³-hybridized carbons (Fsp3) is 0.750. The van der Waals surface area contributed by atoms with Gasteiger partial charge in [0.1, 0.15) is 0 Å². The van der Waals surface area contributed by atoms with E-state index in [1.165, 1.54) is 32.1 Å². The lowest BCUT2D eigenvalue weighted by molar-refractivity contribution is -0.116. The van der Waals surface area contributed by atoms with Crippen LogP contribution < -0.4 is 5.32 Å². The molecule has 0 atom stereocenters. The van der Waals surface area contributed by atoms with Gasteiger partial charge in [-0.1, -0.05) is 25.3 Å². The quantitative estimate of drug-likeness (QED) is 0.748. The average Bonchev–Trinajstić information content (AvgIpc) is 2.28. The van der Waals surface area contributed by atoms with E-state index in [4.69, 9.17) is 0 Å². The molecule has 1 amide bonds. The van der Waals surface area contributed by atoms with E-state index >= 15 is 0 Å². The topological polar surface area (TPSA) is 29.1 Å². The highest BCUT2D eigenvalue weighted by atomic mass is 32.2. The zero-order valence-electron chi connectivity index (χ0n) is 9.71. The van der Waals surface area contributed by atoms with E-state index in [2.05, 4.69) is 11.6 Å². The van der Waals surface area contributed by atoms with Crippen molar-refractivity contribution in [2.24, 2.45) is 0 Å². The monoisotopic (exact) mass is 227 g/mol. The molecule has 3 heteroatoms. The van der Waals surface area contributed by atoms with E-state index < -0.39 is 0 Å². The van der Waals surface area contributed by atoms with E-state index in [0.29, 0.717) is 4.75 Å². The maximum atomic E-state index is 11.3. The Bertz CT molecular complexity index is 232. The number of carbonyl (C=O) groups excluding carboxylic acids is 1. The van der Waals surface area contributed by atoms with Crippen LogP contribution in [-0.2, 0) is 4.79 Å². The average molecular weight is 227 g/mol. The molecule has 1 rings (SSSR count). The fourth-order valence-corrected chi connectivity index (χ4v) is 3.02. The number of carbonyl (C=O) groups is 1. The molecule has 1 N–H and O–H groups in total. The van der Waals surface area contributed by atoms with Crippen LogP contribution >= 0.6 is 11.8 Å². The molecule has 1 aliphatic carbocycles. The summed E-state index contributed by atoms with van der Waals surface area (Å²) >= 11 is 1.91. The van der Waals surface area contributed by atoms with E-state index in [1.807, 2.05) is 18.7 Å². The highest BCUT2D eigenvalue weighted by molar-refractivity contribution is 8.00. The van der Waals surface area contributed by atoms with Crippen molar-refractivity contribution in [2.45, 2.75) is 43.8 Å². The van der Waals surface area contributed by atoms with Crippen molar-refractivity contribution >= 4 is 17.7 Å². The van der Waals surface area contributed by atoms with Crippen molar-refractivity contribution in [2.75, 3.05) is 12.8 Å². The smallest absolute Gasteiger partial charge is 0.243 e. The Labute approximate surface area is 96.9 Å². The van der Waals surface area contributed by atoms with Crippen molar-refractivity contribution in [3.63, 3.8) is 0 Å². The van der Waals surface area contributed by atoms with E-state index in [9.17, 15) is 4.79 Å². The standard InChI is InChI=1S/C12H21NOS/c1-3-7-11(14)13-10-12(15-2)8-5-4-6-9-12/h3,7H,4-6,8-10H2,1-2H3,(H,13,14)/b7-3+.